The van der Waals surface area contributed by atoms with Gasteiger partial charge in [0.1, 0.15) is 0 Å². The minimum atomic E-state index is -1.26. The first-order valence-electron chi connectivity index (χ1n) is 10.7. The van der Waals surface area contributed by atoms with Crippen LogP contribution in [0.15, 0.2) is 102 Å². The predicted molar refractivity (Wildman–Crippen MR) is 140 cm³/mol. The predicted octanol–water partition coefficient (Wildman–Crippen LogP) is 6.50. The quantitative estimate of drug-likeness (QED) is 0.239. The number of carboxylic acid groups (broad SMARTS) is 2. The zero-order chi connectivity index (χ0) is 25.8. The third-order valence-electron chi connectivity index (χ3n) is 4.92. The second kappa shape index (κ2) is 14.0. The zero-order valence-electron chi connectivity index (χ0n) is 19.3. The van der Waals surface area contributed by atoms with Crippen molar-refractivity contribution in [2.75, 3.05) is 13.6 Å². The monoisotopic (exact) mass is 539 g/mol. The normalized spacial score (nSPS) is 11.5. The van der Waals surface area contributed by atoms with E-state index in [0.717, 1.165) is 28.7 Å². The molecule has 3 rings (SSSR count). The summed E-state index contributed by atoms with van der Waals surface area (Å²) in [5, 5.41) is 15.6. The van der Waals surface area contributed by atoms with Crippen LogP contribution in [-0.4, -0.2) is 40.6 Å². The highest BCUT2D eigenvalue weighted by atomic mass is 79.9. The van der Waals surface area contributed by atoms with Crippen LogP contribution in [0.2, 0.25) is 0 Å². The second-order valence-corrected chi connectivity index (χ2v) is 8.64. The van der Waals surface area contributed by atoms with Gasteiger partial charge in [0, 0.05) is 29.7 Å². The molecule has 0 aliphatic carbocycles. The molecule has 2 N–H and O–H groups in total. The Kier molecular flexibility index (Phi) is 11.1. The number of nitrogens with zero attached hydrogens (tertiary/aromatic N) is 1. The number of carbonyl (C=O) groups is 2. The average molecular weight is 540 g/mol. The molecule has 0 saturated carbocycles. The summed E-state index contributed by atoms with van der Waals surface area (Å²) in [7, 11) is 2.08. The second-order valence-electron chi connectivity index (χ2n) is 7.73. The minimum absolute atomic E-state index is 0.558. The van der Waals surface area contributed by atoms with Gasteiger partial charge in [0.2, 0.25) is 0 Å². The van der Waals surface area contributed by atoms with Gasteiger partial charge in [-0.2, -0.15) is 0 Å². The minimum Gasteiger partial charge on any atom is -0.478 e. The molecule has 7 heteroatoms. The molecule has 35 heavy (non-hydrogen) atoms. The zero-order valence-corrected chi connectivity index (χ0v) is 20.9. The smallest absolute Gasteiger partial charge is 0.328 e. The van der Waals surface area contributed by atoms with Gasteiger partial charge in [-0.15, -0.1) is 6.58 Å². The molecule has 0 saturated heterocycles. The van der Waals surface area contributed by atoms with Gasteiger partial charge < -0.3 is 10.2 Å². The van der Waals surface area contributed by atoms with Gasteiger partial charge in [-0.25, -0.2) is 14.0 Å². The van der Waals surface area contributed by atoms with Crippen molar-refractivity contribution in [2.45, 2.75) is 12.7 Å². The number of rotatable bonds is 9. The fourth-order valence-electron chi connectivity index (χ4n) is 3.21. The molecule has 3 aromatic rings. The summed E-state index contributed by atoms with van der Waals surface area (Å²) in [4.78, 5) is 21.3. The number of alkyl halides is 1. The number of aliphatic carboxylic acids is 2. The van der Waals surface area contributed by atoms with Gasteiger partial charge in [-0.05, 0) is 47.0 Å². The van der Waals surface area contributed by atoms with E-state index in [-0.39, 0.29) is 0 Å². The van der Waals surface area contributed by atoms with Crippen LogP contribution in [0.5, 0.6) is 0 Å². The molecule has 3 aromatic carbocycles. The number of hydrogen-bond donors (Lipinski definition) is 2. The Hall–Kier alpha value is -3.55. The summed E-state index contributed by atoms with van der Waals surface area (Å²) in [6, 6.07) is 23.6. The molecule has 0 amide bonds. The van der Waals surface area contributed by atoms with Crippen LogP contribution in [-0.2, 0) is 16.1 Å². The van der Waals surface area contributed by atoms with Gasteiger partial charge in [0.25, 0.3) is 0 Å². The third-order valence-corrected chi connectivity index (χ3v) is 5.44. The number of halogens is 2. The lowest BCUT2D eigenvalue weighted by Crippen LogP contribution is -2.17. The molecule has 0 spiro atoms. The van der Waals surface area contributed by atoms with Gasteiger partial charge in [0.15, 0.2) is 6.17 Å². The molecule has 182 valence electrons. The molecular formula is C28H27BrFNO4. The topological polar surface area (TPSA) is 77.8 Å². The van der Waals surface area contributed by atoms with Crippen LogP contribution in [0.4, 0.5) is 4.39 Å². The Balaban J connectivity index is 0.000000466. The van der Waals surface area contributed by atoms with Crippen LogP contribution in [0, 0.1) is 0 Å². The molecular weight excluding hydrogens is 513 g/mol. The summed E-state index contributed by atoms with van der Waals surface area (Å²) in [6.07, 6.45) is 1.91. The van der Waals surface area contributed by atoms with Gasteiger partial charge in [-0.1, -0.05) is 82.7 Å². The highest BCUT2D eigenvalue weighted by Crippen LogP contribution is 2.29. The first-order chi connectivity index (χ1) is 16.7. The van der Waals surface area contributed by atoms with Crippen LogP contribution in [0.1, 0.15) is 22.9 Å². The van der Waals surface area contributed by atoms with Crippen molar-refractivity contribution in [3.63, 3.8) is 0 Å². The summed E-state index contributed by atoms with van der Waals surface area (Å²) in [6.45, 7) is 5.53. The molecule has 0 radical (unpaired) electrons. The average Bonchev–Trinajstić information content (AvgIpc) is 2.84. The van der Waals surface area contributed by atoms with Crippen molar-refractivity contribution in [1.82, 2.24) is 4.90 Å². The molecule has 0 aliphatic heterocycles. The summed E-state index contributed by atoms with van der Waals surface area (Å²) in [5.74, 6) is -2.51. The Labute approximate surface area is 213 Å². The number of benzene rings is 3. The number of hydrogen-bond acceptors (Lipinski definition) is 3. The van der Waals surface area contributed by atoms with E-state index in [1.807, 2.05) is 54.6 Å². The van der Waals surface area contributed by atoms with E-state index in [1.54, 1.807) is 0 Å². The highest BCUT2D eigenvalue weighted by molar-refractivity contribution is 9.10. The summed E-state index contributed by atoms with van der Waals surface area (Å²) in [5.41, 5.74) is 4.82. The fourth-order valence-corrected chi connectivity index (χ4v) is 3.47. The maximum absolute atomic E-state index is 14.7. The molecule has 1 unspecified atom stereocenters. The molecule has 0 aliphatic rings. The first-order valence-corrected chi connectivity index (χ1v) is 11.5. The highest BCUT2D eigenvalue weighted by Gasteiger charge is 2.12. The van der Waals surface area contributed by atoms with Crippen molar-refractivity contribution in [3.05, 3.63) is 119 Å². The maximum atomic E-state index is 14.7. The largest absolute Gasteiger partial charge is 0.478 e. The van der Waals surface area contributed by atoms with Crippen molar-refractivity contribution < 1.29 is 24.2 Å². The van der Waals surface area contributed by atoms with Crippen molar-refractivity contribution in [2.24, 2.45) is 0 Å². The maximum Gasteiger partial charge on any atom is 0.328 e. The third kappa shape index (κ3) is 9.68. The van der Waals surface area contributed by atoms with Gasteiger partial charge in [0.05, 0.1) is 0 Å². The van der Waals surface area contributed by atoms with E-state index in [9.17, 15) is 14.0 Å². The molecule has 0 heterocycles. The van der Waals surface area contributed by atoms with E-state index < -0.39 is 18.1 Å². The van der Waals surface area contributed by atoms with Crippen LogP contribution in [0.25, 0.3) is 11.1 Å². The van der Waals surface area contributed by atoms with Crippen LogP contribution in [0.3, 0.4) is 0 Å². The molecule has 0 aromatic heterocycles. The first kappa shape index (κ1) is 27.7. The Morgan fingerprint density at radius 2 is 1.31 bits per heavy atom. The van der Waals surface area contributed by atoms with Crippen LogP contribution < -0.4 is 0 Å². The van der Waals surface area contributed by atoms with E-state index in [1.165, 1.54) is 5.56 Å². The summed E-state index contributed by atoms with van der Waals surface area (Å²) < 4.78 is 15.7. The Morgan fingerprint density at radius 1 is 0.886 bits per heavy atom. The van der Waals surface area contributed by atoms with Crippen molar-refractivity contribution in [1.29, 1.82) is 0 Å². The molecule has 5 nitrogen and oxygen atoms in total. The molecule has 1 atom stereocenters. The van der Waals surface area contributed by atoms with E-state index in [0.29, 0.717) is 23.3 Å². The lowest BCUT2D eigenvalue weighted by molar-refractivity contribution is -0.134. The SMILES string of the molecule is C=CCN(C)Cc1ccc(-c2ccc(C(F)c3ccc(Br)cc3)cc2)cc1.O=C(O)C=CC(=O)O. The number of carboxylic acids is 2. The van der Waals surface area contributed by atoms with Gasteiger partial charge >= 0.3 is 11.9 Å². The Morgan fingerprint density at radius 3 is 1.74 bits per heavy atom. The summed E-state index contributed by atoms with van der Waals surface area (Å²) >= 11 is 3.38. The Bertz CT molecular complexity index is 1130. The standard InChI is InChI=1S/C24H23BrFN.C4H4O4/c1-3-16-27(2)17-18-4-6-19(7-5-18)20-8-10-21(11-9-20)24(26)22-12-14-23(25)15-13-22;5-3(6)1-2-4(7)8/h3-15,24H,1,16-17H2,2H3;1-2H,(H,5,6)(H,7,8). The number of likely N-dealkylation sites (N-methyl/N-ethyl adjacent to an activating group) is 1. The van der Waals surface area contributed by atoms with E-state index in [2.05, 4.69) is 58.7 Å². The van der Waals surface area contributed by atoms with E-state index >= 15 is 0 Å². The van der Waals surface area contributed by atoms with Crippen LogP contribution >= 0.6 is 15.9 Å². The fraction of sp³-hybridized carbons (Fsp3) is 0.143. The lowest BCUT2D eigenvalue weighted by atomic mass is 9.98. The van der Waals surface area contributed by atoms with Crippen molar-refractivity contribution >= 4 is 27.9 Å². The van der Waals surface area contributed by atoms with Gasteiger partial charge in [-0.3, -0.25) is 4.90 Å². The lowest BCUT2D eigenvalue weighted by Gasteiger charge is -2.14. The van der Waals surface area contributed by atoms with E-state index in [4.69, 9.17) is 10.2 Å². The molecule has 0 fully saturated rings. The van der Waals surface area contributed by atoms with Crippen molar-refractivity contribution in [3.8, 4) is 11.1 Å². The molecule has 0 bridgehead atoms.